The highest BCUT2D eigenvalue weighted by atomic mass is 32.2. The lowest BCUT2D eigenvalue weighted by Gasteiger charge is -2.30. The van der Waals surface area contributed by atoms with E-state index in [0.717, 1.165) is 28.7 Å². The fraction of sp³-hybridized carbons (Fsp3) is 0.400. The molecule has 0 radical (unpaired) electrons. The van der Waals surface area contributed by atoms with Crippen LogP contribution in [-0.2, 0) is 28.8 Å². The van der Waals surface area contributed by atoms with Crippen molar-refractivity contribution in [1.82, 2.24) is 19.8 Å². The molecule has 1 aliphatic rings. The minimum atomic E-state index is -4.83. The van der Waals surface area contributed by atoms with Gasteiger partial charge >= 0.3 is 12.3 Å². The lowest BCUT2D eigenvalue weighted by Crippen LogP contribution is -2.46. The lowest BCUT2D eigenvalue weighted by molar-refractivity contribution is -0.141. The van der Waals surface area contributed by atoms with Gasteiger partial charge in [0.2, 0.25) is 0 Å². The van der Waals surface area contributed by atoms with E-state index in [1.165, 1.54) is 12.1 Å². The highest BCUT2D eigenvalue weighted by molar-refractivity contribution is 7.90. The monoisotopic (exact) mass is 762 g/mol. The van der Waals surface area contributed by atoms with Gasteiger partial charge in [0.05, 0.1) is 23.4 Å². The number of carbonyl (C=O) groups excluding carboxylic acids is 2. The Kier molecular flexibility index (Phi) is 12.1. The second kappa shape index (κ2) is 16.3. The minimum Gasteiger partial charge on any atom is -0.598 e. The van der Waals surface area contributed by atoms with Crippen LogP contribution in [0.5, 0.6) is 0 Å². The zero-order chi connectivity index (χ0) is 39.4. The number of nitriles is 1. The van der Waals surface area contributed by atoms with Gasteiger partial charge < -0.3 is 19.9 Å². The van der Waals surface area contributed by atoms with Crippen LogP contribution in [0.3, 0.4) is 0 Å². The fourth-order valence-corrected chi connectivity index (χ4v) is 6.77. The number of hydrogen-bond donors (Lipinski definition) is 3. The minimum absolute atomic E-state index is 0.0219. The third-order valence-corrected chi connectivity index (χ3v) is 10.3. The summed E-state index contributed by atoms with van der Waals surface area (Å²) in [6.45, 7) is 10.9. The number of ether oxygens (including phenoxy) is 1. The van der Waals surface area contributed by atoms with Crippen LogP contribution in [0.2, 0.25) is 0 Å². The summed E-state index contributed by atoms with van der Waals surface area (Å²) in [6, 6.07) is 23.4. The Morgan fingerprint density at radius 3 is 2.28 bits per heavy atom. The van der Waals surface area contributed by atoms with Crippen molar-refractivity contribution in [3.8, 4) is 11.8 Å². The van der Waals surface area contributed by atoms with Crippen LogP contribution in [0.15, 0.2) is 78.9 Å². The van der Waals surface area contributed by atoms with E-state index in [2.05, 4.69) is 26.5 Å². The molecule has 4 aromatic rings. The SMILES string of the molecule is CC(C)(C)OC(=O)NCc1cccc(-n2nc(C(F)(F)F)cc2C(=O)Nc2cccc(C(CC(N[S+]([O-])C(C)(C)C)C3CC3)c3ccc(C#N)cc3)c2)c1. The third kappa shape index (κ3) is 10.9. The van der Waals surface area contributed by atoms with Gasteiger partial charge in [-0.15, -0.1) is 4.72 Å². The van der Waals surface area contributed by atoms with Gasteiger partial charge in [0.1, 0.15) is 16.0 Å². The van der Waals surface area contributed by atoms with Crippen LogP contribution in [-0.4, -0.2) is 42.7 Å². The number of aromatic nitrogens is 2. The maximum atomic E-state index is 14.0. The number of alkyl halides is 3. The Bertz CT molecular complexity index is 1990. The third-order valence-electron chi connectivity index (χ3n) is 8.71. The van der Waals surface area contributed by atoms with Gasteiger partial charge in [0, 0.05) is 35.6 Å². The molecule has 14 heteroatoms. The van der Waals surface area contributed by atoms with Gasteiger partial charge in [-0.25, -0.2) is 9.48 Å². The molecule has 1 aliphatic carbocycles. The Labute approximate surface area is 316 Å². The summed E-state index contributed by atoms with van der Waals surface area (Å²) in [7, 11) is 0. The van der Waals surface area contributed by atoms with Crippen LogP contribution in [0.4, 0.5) is 23.7 Å². The van der Waals surface area contributed by atoms with E-state index in [9.17, 15) is 32.6 Å². The molecule has 3 N–H and O–H groups in total. The predicted octanol–water partition coefficient (Wildman–Crippen LogP) is 8.39. The van der Waals surface area contributed by atoms with Crippen LogP contribution < -0.4 is 15.4 Å². The largest absolute Gasteiger partial charge is 0.598 e. The second-order valence-electron chi connectivity index (χ2n) is 15.4. The van der Waals surface area contributed by atoms with Gasteiger partial charge in [-0.05, 0) is 120 Å². The predicted molar refractivity (Wildman–Crippen MR) is 201 cm³/mol. The number of benzene rings is 3. The average Bonchev–Trinajstić information content (AvgIpc) is 3.84. The van der Waals surface area contributed by atoms with Crippen molar-refractivity contribution in [2.75, 3.05) is 5.32 Å². The molecule has 0 aliphatic heterocycles. The van der Waals surface area contributed by atoms with Gasteiger partial charge in [0.25, 0.3) is 5.91 Å². The second-order valence-corrected chi connectivity index (χ2v) is 17.4. The highest BCUT2D eigenvalue weighted by Gasteiger charge is 2.39. The van der Waals surface area contributed by atoms with Crippen molar-refractivity contribution < 1.29 is 32.0 Å². The maximum Gasteiger partial charge on any atom is 0.435 e. The molecule has 1 aromatic heterocycles. The standard InChI is InChI=1S/C40H45F3N6O4S/c1-38(2,3)53-37(51)45-24-26-9-7-12-31(19-26)49-34(22-35(47-49)40(41,42)43)36(50)46-30-11-8-10-29(20-30)32(27-15-13-25(23-44)14-16-27)21-33(28-17-18-28)48-54(52)39(4,5)6/h7-16,19-20,22,28,32-33,48H,17-18,21,24H2,1-6H3,(H,45,51)(H,46,50). The first-order valence-electron chi connectivity index (χ1n) is 17.6. The Hall–Kier alpha value is -4.84. The number of amides is 2. The molecule has 286 valence electrons. The molecule has 0 spiro atoms. The van der Waals surface area contributed by atoms with E-state index in [1.807, 2.05) is 39.0 Å². The zero-order valence-electron chi connectivity index (χ0n) is 31.1. The van der Waals surface area contributed by atoms with E-state index in [-0.39, 0.29) is 29.9 Å². The van der Waals surface area contributed by atoms with Crippen LogP contribution in [0.25, 0.3) is 5.69 Å². The molecule has 1 heterocycles. The van der Waals surface area contributed by atoms with Crippen molar-refractivity contribution >= 4 is 29.0 Å². The molecule has 5 rings (SSSR count). The number of nitrogens with zero attached hydrogens (tertiary/aromatic N) is 3. The number of carbonyl (C=O) groups is 2. The first-order valence-corrected chi connectivity index (χ1v) is 18.8. The first-order chi connectivity index (χ1) is 25.3. The topological polar surface area (TPSA) is 144 Å². The van der Waals surface area contributed by atoms with E-state index in [0.29, 0.717) is 35.2 Å². The Morgan fingerprint density at radius 2 is 1.67 bits per heavy atom. The van der Waals surface area contributed by atoms with E-state index >= 15 is 0 Å². The van der Waals surface area contributed by atoms with Crippen LogP contribution >= 0.6 is 0 Å². The smallest absolute Gasteiger partial charge is 0.435 e. The molecule has 1 fully saturated rings. The Balaban J connectivity index is 1.44. The highest BCUT2D eigenvalue weighted by Crippen LogP contribution is 2.40. The molecule has 3 aromatic carbocycles. The lowest BCUT2D eigenvalue weighted by atomic mass is 9.84. The molecule has 0 saturated heterocycles. The van der Waals surface area contributed by atoms with Gasteiger partial charge in [0.15, 0.2) is 5.69 Å². The summed E-state index contributed by atoms with van der Waals surface area (Å²) in [6.07, 6.45) is -2.89. The normalized spacial score (nSPS) is 15.1. The van der Waals surface area contributed by atoms with E-state index in [1.54, 1.807) is 63.2 Å². The molecular formula is C40H45F3N6O4S. The van der Waals surface area contributed by atoms with Crippen molar-refractivity contribution in [3.05, 3.63) is 113 Å². The molecule has 1 saturated carbocycles. The van der Waals surface area contributed by atoms with Crippen molar-refractivity contribution in [2.24, 2.45) is 5.92 Å². The number of nitrogens with one attached hydrogen (secondary N) is 3. The molecule has 3 unspecified atom stereocenters. The number of alkyl carbamates (subject to hydrolysis) is 1. The fourth-order valence-electron chi connectivity index (χ4n) is 5.85. The van der Waals surface area contributed by atoms with Gasteiger partial charge in [-0.3, -0.25) is 4.79 Å². The Morgan fingerprint density at radius 1 is 0.981 bits per heavy atom. The van der Waals surface area contributed by atoms with Gasteiger partial charge in [-0.2, -0.15) is 23.5 Å². The molecule has 3 atom stereocenters. The van der Waals surface area contributed by atoms with Crippen molar-refractivity contribution in [3.63, 3.8) is 0 Å². The van der Waals surface area contributed by atoms with Crippen molar-refractivity contribution in [2.45, 2.75) is 95.8 Å². The number of anilines is 1. The van der Waals surface area contributed by atoms with Gasteiger partial charge in [-0.1, -0.05) is 36.4 Å². The number of halogens is 3. The summed E-state index contributed by atoms with van der Waals surface area (Å²) in [4.78, 5) is 26.0. The number of rotatable bonds is 12. The first kappa shape index (κ1) is 40.3. The molecule has 2 amide bonds. The summed E-state index contributed by atoms with van der Waals surface area (Å²) in [5.41, 5.74) is 1.00. The summed E-state index contributed by atoms with van der Waals surface area (Å²) in [5, 5.41) is 18.6. The summed E-state index contributed by atoms with van der Waals surface area (Å²) >= 11 is -1.31. The molecule has 0 bridgehead atoms. The van der Waals surface area contributed by atoms with E-state index in [4.69, 9.17) is 4.74 Å². The quantitative estimate of drug-likeness (QED) is 0.123. The average molecular weight is 763 g/mol. The maximum absolute atomic E-state index is 14.0. The van der Waals surface area contributed by atoms with Crippen LogP contribution in [0.1, 0.15) is 105 Å². The van der Waals surface area contributed by atoms with Crippen LogP contribution in [0, 0.1) is 17.2 Å². The molecule has 54 heavy (non-hydrogen) atoms. The zero-order valence-corrected chi connectivity index (χ0v) is 31.9. The summed E-state index contributed by atoms with van der Waals surface area (Å²) < 4.78 is 64.2. The van der Waals surface area contributed by atoms with E-state index < -0.39 is 45.6 Å². The molecule has 10 nitrogen and oxygen atoms in total. The summed E-state index contributed by atoms with van der Waals surface area (Å²) in [5.74, 6) is -0.709. The molecular weight excluding hydrogens is 718 g/mol. The van der Waals surface area contributed by atoms with Crippen molar-refractivity contribution in [1.29, 1.82) is 5.26 Å². The number of hydrogen-bond acceptors (Lipinski definition) is 7.